The molecule has 3 N–H and O–H groups in total. The second-order valence-corrected chi connectivity index (χ2v) is 6.06. The fourth-order valence-electron chi connectivity index (χ4n) is 3.11. The molecule has 0 bridgehead atoms. The van der Waals surface area contributed by atoms with Crippen LogP contribution in [-0.4, -0.2) is 18.5 Å². The summed E-state index contributed by atoms with van der Waals surface area (Å²) in [4.78, 5) is 12.0. The molecule has 0 radical (unpaired) electrons. The molecule has 2 rings (SSSR count). The van der Waals surface area contributed by atoms with Crippen LogP contribution in [0, 0.1) is 17.6 Å². The van der Waals surface area contributed by atoms with Crippen molar-refractivity contribution in [2.75, 3.05) is 6.54 Å². The number of rotatable bonds is 6. The smallest absolute Gasteiger partial charge is 0.220 e. The summed E-state index contributed by atoms with van der Waals surface area (Å²) in [5.41, 5.74) is 6.47. The fraction of sp³-hybridized carbons (Fsp3) is 0.588. The third kappa shape index (κ3) is 4.77. The number of hydrogen-bond acceptors (Lipinski definition) is 2. The summed E-state index contributed by atoms with van der Waals surface area (Å²) in [5.74, 6) is -1.28. The molecule has 1 amide bonds. The van der Waals surface area contributed by atoms with Gasteiger partial charge in [-0.1, -0.05) is 18.9 Å². The first-order valence-electron chi connectivity index (χ1n) is 8.03. The molecule has 2 unspecified atom stereocenters. The van der Waals surface area contributed by atoms with E-state index in [0.717, 1.165) is 25.3 Å². The molecule has 122 valence electrons. The quantitative estimate of drug-likeness (QED) is 0.849. The van der Waals surface area contributed by atoms with Gasteiger partial charge in [0, 0.05) is 12.5 Å². The summed E-state index contributed by atoms with van der Waals surface area (Å²) in [6.45, 7) is 0.611. The molecule has 0 heterocycles. The van der Waals surface area contributed by atoms with Crippen molar-refractivity contribution in [3.63, 3.8) is 0 Å². The second-order valence-electron chi connectivity index (χ2n) is 6.06. The normalized spacial score (nSPS) is 21.6. The molecule has 0 aliphatic heterocycles. The van der Waals surface area contributed by atoms with Crippen molar-refractivity contribution in [1.29, 1.82) is 0 Å². The van der Waals surface area contributed by atoms with Crippen LogP contribution in [0.25, 0.3) is 0 Å². The van der Waals surface area contributed by atoms with E-state index in [1.807, 2.05) is 0 Å². The highest BCUT2D eigenvalue weighted by atomic mass is 19.2. The summed E-state index contributed by atoms with van der Waals surface area (Å²) in [6, 6.07) is 4.06. The minimum Gasteiger partial charge on any atom is -0.353 e. The van der Waals surface area contributed by atoms with E-state index < -0.39 is 11.6 Å². The predicted octanol–water partition coefficient (Wildman–Crippen LogP) is 2.92. The maximum Gasteiger partial charge on any atom is 0.220 e. The Morgan fingerprint density at radius 2 is 2.00 bits per heavy atom. The first-order chi connectivity index (χ1) is 10.6. The summed E-state index contributed by atoms with van der Waals surface area (Å²) >= 11 is 0. The number of benzene rings is 1. The van der Waals surface area contributed by atoms with E-state index in [-0.39, 0.29) is 11.9 Å². The predicted molar refractivity (Wildman–Crippen MR) is 82.2 cm³/mol. The van der Waals surface area contributed by atoms with Crippen molar-refractivity contribution in [1.82, 2.24) is 5.32 Å². The Labute approximate surface area is 130 Å². The van der Waals surface area contributed by atoms with E-state index in [1.54, 1.807) is 6.07 Å². The van der Waals surface area contributed by atoms with Gasteiger partial charge in [0.1, 0.15) is 0 Å². The molecule has 5 heteroatoms. The van der Waals surface area contributed by atoms with Gasteiger partial charge >= 0.3 is 0 Å². The Morgan fingerprint density at radius 1 is 1.23 bits per heavy atom. The maximum atomic E-state index is 13.1. The Hall–Kier alpha value is -1.49. The van der Waals surface area contributed by atoms with Gasteiger partial charge in [0.15, 0.2) is 11.6 Å². The summed E-state index contributed by atoms with van der Waals surface area (Å²) in [5, 5.41) is 3.07. The fourth-order valence-corrected chi connectivity index (χ4v) is 3.11. The minimum absolute atomic E-state index is 0.0212. The summed E-state index contributed by atoms with van der Waals surface area (Å²) in [7, 11) is 0. The van der Waals surface area contributed by atoms with Crippen molar-refractivity contribution >= 4 is 5.91 Å². The van der Waals surface area contributed by atoms with Crippen molar-refractivity contribution in [2.45, 2.75) is 51.0 Å². The molecule has 1 fully saturated rings. The van der Waals surface area contributed by atoms with Gasteiger partial charge in [0.05, 0.1) is 0 Å². The van der Waals surface area contributed by atoms with Crippen LogP contribution in [0.4, 0.5) is 8.78 Å². The first kappa shape index (κ1) is 16.9. The number of aryl methyl sites for hydroxylation is 1. The molecular weight excluding hydrogens is 286 g/mol. The van der Waals surface area contributed by atoms with Gasteiger partial charge in [-0.25, -0.2) is 8.78 Å². The molecule has 22 heavy (non-hydrogen) atoms. The Morgan fingerprint density at radius 3 is 2.73 bits per heavy atom. The van der Waals surface area contributed by atoms with Crippen LogP contribution >= 0.6 is 0 Å². The van der Waals surface area contributed by atoms with Crippen LogP contribution in [0.2, 0.25) is 0 Å². The molecule has 1 saturated carbocycles. The molecule has 1 aromatic carbocycles. The lowest BCUT2D eigenvalue weighted by molar-refractivity contribution is -0.122. The highest BCUT2D eigenvalue weighted by molar-refractivity contribution is 5.76. The number of nitrogens with one attached hydrogen (secondary N) is 1. The molecule has 0 aromatic heterocycles. The molecular formula is C17H24F2N2O. The third-order valence-electron chi connectivity index (χ3n) is 4.41. The van der Waals surface area contributed by atoms with E-state index in [9.17, 15) is 13.6 Å². The van der Waals surface area contributed by atoms with Crippen LogP contribution in [0.15, 0.2) is 18.2 Å². The SMILES string of the molecule is NCC1CCCCC1NC(=O)CCCc1ccc(F)c(F)c1. The van der Waals surface area contributed by atoms with Crippen LogP contribution in [0.3, 0.4) is 0 Å². The molecule has 1 aliphatic rings. The maximum absolute atomic E-state index is 13.1. The number of halogens is 2. The number of nitrogens with two attached hydrogens (primary N) is 1. The second kappa shape index (κ2) is 8.22. The Kier molecular flexibility index (Phi) is 6.31. The topological polar surface area (TPSA) is 55.1 Å². The van der Waals surface area contributed by atoms with Gasteiger partial charge in [-0.05, 0) is 55.8 Å². The standard InChI is InChI=1S/C17H24F2N2O/c18-14-9-8-12(10-15(14)19)4-3-7-17(22)21-16-6-2-1-5-13(16)11-20/h8-10,13,16H,1-7,11,20H2,(H,21,22). The Balaban J connectivity index is 1.74. The number of carbonyl (C=O) groups is 1. The van der Waals surface area contributed by atoms with Crippen LogP contribution in [-0.2, 0) is 11.2 Å². The first-order valence-corrected chi connectivity index (χ1v) is 8.03. The van der Waals surface area contributed by atoms with E-state index in [0.29, 0.717) is 37.3 Å². The van der Waals surface area contributed by atoms with Crippen molar-refractivity contribution < 1.29 is 13.6 Å². The largest absolute Gasteiger partial charge is 0.353 e. The number of hydrogen-bond donors (Lipinski definition) is 2. The molecule has 2 atom stereocenters. The average Bonchev–Trinajstić information content (AvgIpc) is 2.51. The van der Waals surface area contributed by atoms with Gasteiger partial charge in [0.2, 0.25) is 5.91 Å². The lowest BCUT2D eigenvalue weighted by Gasteiger charge is -2.31. The zero-order valence-electron chi connectivity index (χ0n) is 12.8. The molecule has 1 aromatic rings. The van der Waals surface area contributed by atoms with Crippen molar-refractivity contribution in [3.05, 3.63) is 35.4 Å². The van der Waals surface area contributed by atoms with Crippen LogP contribution in [0.5, 0.6) is 0 Å². The molecule has 1 aliphatic carbocycles. The minimum atomic E-state index is -0.841. The lowest BCUT2D eigenvalue weighted by Crippen LogP contribution is -2.44. The highest BCUT2D eigenvalue weighted by Crippen LogP contribution is 2.23. The van der Waals surface area contributed by atoms with Gasteiger partial charge in [-0.15, -0.1) is 0 Å². The third-order valence-corrected chi connectivity index (χ3v) is 4.41. The van der Waals surface area contributed by atoms with Crippen molar-refractivity contribution in [3.8, 4) is 0 Å². The monoisotopic (exact) mass is 310 g/mol. The van der Waals surface area contributed by atoms with E-state index in [1.165, 1.54) is 12.5 Å². The van der Waals surface area contributed by atoms with Gasteiger partial charge < -0.3 is 11.1 Å². The summed E-state index contributed by atoms with van der Waals surface area (Å²) < 4.78 is 25.9. The van der Waals surface area contributed by atoms with Crippen LogP contribution in [0.1, 0.15) is 44.1 Å². The van der Waals surface area contributed by atoms with E-state index in [2.05, 4.69) is 5.32 Å². The van der Waals surface area contributed by atoms with Crippen molar-refractivity contribution in [2.24, 2.45) is 11.7 Å². The van der Waals surface area contributed by atoms with E-state index >= 15 is 0 Å². The average molecular weight is 310 g/mol. The Bertz CT molecular complexity index is 507. The zero-order chi connectivity index (χ0) is 15.9. The zero-order valence-corrected chi connectivity index (χ0v) is 12.8. The lowest BCUT2D eigenvalue weighted by atomic mass is 9.84. The summed E-state index contributed by atoms with van der Waals surface area (Å²) in [6.07, 6.45) is 5.98. The van der Waals surface area contributed by atoms with E-state index in [4.69, 9.17) is 5.73 Å². The molecule has 0 saturated heterocycles. The van der Waals surface area contributed by atoms with Crippen LogP contribution < -0.4 is 11.1 Å². The van der Waals surface area contributed by atoms with Gasteiger partial charge in [-0.2, -0.15) is 0 Å². The van der Waals surface area contributed by atoms with Gasteiger partial charge in [-0.3, -0.25) is 4.79 Å². The molecule has 0 spiro atoms. The number of carbonyl (C=O) groups excluding carboxylic acids is 1. The number of amides is 1. The van der Waals surface area contributed by atoms with Gasteiger partial charge in [0.25, 0.3) is 0 Å². The highest BCUT2D eigenvalue weighted by Gasteiger charge is 2.24. The molecule has 3 nitrogen and oxygen atoms in total.